The quantitative estimate of drug-likeness (QED) is 0.665. The van der Waals surface area contributed by atoms with Crippen LogP contribution in [0.25, 0.3) is 0 Å². The van der Waals surface area contributed by atoms with Crippen LogP contribution >= 0.6 is 0 Å². The number of benzene rings is 2. The van der Waals surface area contributed by atoms with Crippen molar-refractivity contribution in [1.29, 1.82) is 0 Å². The van der Waals surface area contributed by atoms with E-state index in [9.17, 15) is 4.79 Å². The fourth-order valence-corrected chi connectivity index (χ4v) is 3.85. The second kappa shape index (κ2) is 11.0. The number of likely N-dealkylation sites (N-methyl/N-ethyl adjacent to an activating group) is 2. The molecule has 0 atom stereocenters. The number of anilines is 2. The van der Waals surface area contributed by atoms with Crippen molar-refractivity contribution in [3.63, 3.8) is 0 Å². The molecule has 0 saturated carbocycles. The average Bonchev–Trinajstić information content (AvgIpc) is 2.79. The zero-order valence-corrected chi connectivity index (χ0v) is 19.1. The second-order valence-corrected chi connectivity index (χ2v) is 7.87. The molecule has 1 amide bonds. The monoisotopic (exact) mass is 426 g/mol. The van der Waals surface area contributed by atoms with Gasteiger partial charge < -0.3 is 24.6 Å². The van der Waals surface area contributed by atoms with Crippen LogP contribution in [0.1, 0.15) is 12.5 Å². The summed E-state index contributed by atoms with van der Waals surface area (Å²) < 4.78 is 10.7. The third-order valence-electron chi connectivity index (χ3n) is 5.68. The van der Waals surface area contributed by atoms with E-state index >= 15 is 0 Å². The Labute approximate surface area is 185 Å². The Kier molecular flexibility index (Phi) is 8.14. The summed E-state index contributed by atoms with van der Waals surface area (Å²) in [6.07, 6.45) is 0. The first kappa shape index (κ1) is 22.9. The number of amides is 1. The third-order valence-corrected chi connectivity index (χ3v) is 5.68. The second-order valence-electron chi connectivity index (χ2n) is 7.87. The molecule has 2 aromatic rings. The van der Waals surface area contributed by atoms with Crippen molar-refractivity contribution >= 4 is 17.3 Å². The molecule has 0 spiro atoms. The molecule has 0 aliphatic carbocycles. The molecule has 0 bridgehead atoms. The molecule has 0 unspecified atom stereocenters. The molecular weight excluding hydrogens is 392 g/mol. The summed E-state index contributed by atoms with van der Waals surface area (Å²) in [5, 5.41) is 2.99. The van der Waals surface area contributed by atoms with Gasteiger partial charge in [-0.05, 0) is 43.9 Å². The smallest absolute Gasteiger partial charge is 0.238 e. The number of rotatable bonds is 9. The fraction of sp³-hybridized carbons (Fsp3) is 0.458. The van der Waals surface area contributed by atoms with Gasteiger partial charge in [0.2, 0.25) is 5.91 Å². The minimum atomic E-state index is -0.0423. The molecule has 7 nitrogen and oxygen atoms in total. The molecule has 31 heavy (non-hydrogen) atoms. The van der Waals surface area contributed by atoms with Crippen LogP contribution in [0.2, 0.25) is 0 Å². The normalized spacial score (nSPS) is 14.5. The van der Waals surface area contributed by atoms with Gasteiger partial charge in [0.15, 0.2) is 0 Å². The molecule has 2 aromatic carbocycles. The molecule has 1 saturated heterocycles. The number of piperazine rings is 1. The van der Waals surface area contributed by atoms with Crippen LogP contribution in [-0.4, -0.2) is 76.2 Å². The lowest BCUT2D eigenvalue weighted by Gasteiger charge is -2.35. The summed E-state index contributed by atoms with van der Waals surface area (Å²) >= 11 is 0. The Morgan fingerprint density at radius 2 is 1.74 bits per heavy atom. The van der Waals surface area contributed by atoms with Crippen LogP contribution in [0.4, 0.5) is 11.4 Å². The van der Waals surface area contributed by atoms with Gasteiger partial charge in [0.05, 0.1) is 20.8 Å². The van der Waals surface area contributed by atoms with Gasteiger partial charge in [-0.1, -0.05) is 13.0 Å². The van der Waals surface area contributed by atoms with E-state index in [1.165, 1.54) is 5.69 Å². The largest absolute Gasteiger partial charge is 0.497 e. The van der Waals surface area contributed by atoms with E-state index in [-0.39, 0.29) is 12.5 Å². The van der Waals surface area contributed by atoms with Gasteiger partial charge in [0.25, 0.3) is 0 Å². The van der Waals surface area contributed by atoms with Gasteiger partial charge in [0, 0.05) is 55.7 Å². The van der Waals surface area contributed by atoms with Crippen molar-refractivity contribution in [1.82, 2.24) is 9.80 Å². The van der Waals surface area contributed by atoms with E-state index in [1.807, 2.05) is 42.3 Å². The maximum absolute atomic E-state index is 12.5. The lowest BCUT2D eigenvalue weighted by Crippen LogP contribution is -2.46. The topological polar surface area (TPSA) is 57.3 Å². The SMILES string of the molecule is CCN1CCN(c2ccc(NC(=O)CN(C)Cc3ccc(OC)cc3OC)cc2)CC1. The van der Waals surface area contributed by atoms with Crippen LogP contribution in [0.5, 0.6) is 11.5 Å². The Morgan fingerprint density at radius 1 is 1.03 bits per heavy atom. The highest BCUT2D eigenvalue weighted by Gasteiger charge is 2.16. The summed E-state index contributed by atoms with van der Waals surface area (Å²) in [4.78, 5) is 19.3. The molecule has 168 valence electrons. The molecule has 3 rings (SSSR count). The van der Waals surface area contributed by atoms with Crippen LogP contribution < -0.4 is 19.7 Å². The van der Waals surface area contributed by atoms with E-state index in [1.54, 1.807) is 14.2 Å². The first-order valence-electron chi connectivity index (χ1n) is 10.8. The third kappa shape index (κ3) is 6.35. The highest BCUT2D eigenvalue weighted by atomic mass is 16.5. The molecule has 7 heteroatoms. The predicted octanol–water partition coefficient (Wildman–Crippen LogP) is 2.92. The molecule has 0 radical (unpaired) electrons. The van der Waals surface area contributed by atoms with Crippen molar-refractivity contribution in [3.05, 3.63) is 48.0 Å². The van der Waals surface area contributed by atoms with E-state index in [0.717, 1.165) is 55.5 Å². The molecule has 1 aliphatic rings. The van der Waals surface area contributed by atoms with Crippen molar-refractivity contribution in [2.24, 2.45) is 0 Å². The summed E-state index contributed by atoms with van der Waals surface area (Å²) in [6, 6.07) is 13.8. The van der Waals surface area contributed by atoms with Crippen molar-refractivity contribution < 1.29 is 14.3 Å². The first-order valence-corrected chi connectivity index (χ1v) is 10.8. The summed E-state index contributed by atoms with van der Waals surface area (Å²) in [7, 11) is 5.19. The zero-order valence-electron chi connectivity index (χ0n) is 19.1. The number of methoxy groups -OCH3 is 2. The molecule has 1 fully saturated rings. The van der Waals surface area contributed by atoms with Crippen molar-refractivity contribution in [2.45, 2.75) is 13.5 Å². The number of carbonyl (C=O) groups excluding carboxylic acids is 1. The van der Waals surface area contributed by atoms with E-state index in [2.05, 4.69) is 34.2 Å². The average molecular weight is 427 g/mol. The number of hydrogen-bond donors (Lipinski definition) is 1. The minimum absolute atomic E-state index is 0.0423. The summed E-state index contributed by atoms with van der Waals surface area (Å²) in [5.41, 5.74) is 3.03. The van der Waals surface area contributed by atoms with Gasteiger partial charge in [-0.2, -0.15) is 0 Å². The standard InChI is InChI=1S/C24H34N4O3/c1-5-27-12-14-28(15-13-27)21-9-7-20(8-10-21)25-24(29)18-26(2)17-19-6-11-22(30-3)16-23(19)31-4/h6-11,16H,5,12-15,17-18H2,1-4H3,(H,25,29). The number of carbonyl (C=O) groups is 1. The number of nitrogens with zero attached hydrogens (tertiary/aromatic N) is 3. The molecule has 1 heterocycles. The van der Waals surface area contributed by atoms with Crippen molar-refractivity contribution in [2.75, 3.05) is 70.8 Å². The number of ether oxygens (including phenoxy) is 2. The fourth-order valence-electron chi connectivity index (χ4n) is 3.85. The highest BCUT2D eigenvalue weighted by Crippen LogP contribution is 2.25. The molecule has 0 aromatic heterocycles. The van der Waals surface area contributed by atoms with Crippen molar-refractivity contribution in [3.8, 4) is 11.5 Å². The van der Waals surface area contributed by atoms with E-state index in [4.69, 9.17) is 9.47 Å². The van der Waals surface area contributed by atoms with Gasteiger partial charge >= 0.3 is 0 Å². The summed E-state index contributed by atoms with van der Waals surface area (Å²) in [5.74, 6) is 1.46. The Hall–Kier alpha value is -2.77. The molecule has 1 N–H and O–H groups in total. The van der Waals surface area contributed by atoms with Crippen LogP contribution in [-0.2, 0) is 11.3 Å². The maximum atomic E-state index is 12.5. The minimum Gasteiger partial charge on any atom is -0.497 e. The lowest BCUT2D eigenvalue weighted by molar-refractivity contribution is -0.117. The maximum Gasteiger partial charge on any atom is 0.238 e. The van der Waals surface area contributed by atoms with E-state index < -0.39 is 0 Å². The Balaban J connectivity index is 1.50. The Bertz CT molecular complexity index is 848. The molecule has 1 aliphatic heterocycles. The van der Waals surface area contributed by atoms with E-state index in [0.29, 0.717) is 6.54 Å². The number of nitrogens with one attached hydrogen (secondary N) is 1. The first-order chi connectivity index (χ1) is 15.0. The van der Waals surface area contributed by atoms with Crippen LogP contribution in [0, 0.1) is 0 Å². The Morgan fingerprint density at radius 3 is 2.35 bits per heavy atom. The molecular formula is C24H34N4O3. The van der Waals surface area contributed by atoms with Crippen LogP contribution in [0.3, 0.4) is 0 Å². The zero-order chi connectivity index (χ0) is 22.2. The van der Waals surface area contributed by atoms with Gasteiger partial charge in [-0.15, -0.1) is 0 Å². The van der Waals surface area contributed by atoms with Gasteiger partial charge in [-0.25, -0.2) is 0 Å². The van der Waals surface area contributed by atoms with Gasteiger partial charge in [0.1, 0.15) is 11.5 Å². The van der Waals surface area contributed by atoms with Crippen LogP contribution in [0.15, 0.2) is 42.5 Å². The summed E-state index contributed by atoms with van der Waals surface area (Å²) in [6.45, 7) is 8.48. The number of hydrogen-bond acceptors (Lipinski definition) is 6. The lowest BCUT2D eigenvalue weighted by atomic mass is 10.1. The van der Waals surface area contributed by atoms with Gasteiger partial charge in [-0.3, -0.25) is 9.69 Å². The highest BCUT2D eigenvalue weighted by molar-refractivity contribution is 5.92. The predicted molar refractivity (Wildman–Crippen MR) is 125 cm³/mol.